The van der Waals surface area contributed by atoms with Gasteiger partial charge in [0.2, 0.25) is 0 Å². The SMILES string of the molecule is CCOC(=O)c1ccc(N/C=C/S(=O)(=O)F)cc1. The molecule has 0 aliphatic heterocycles. The molecule has 1 aromatic carbocycles. The number of hydrogen-bond acceptors (Lipinski definition) is 5. The molecule has 0 amide bonds. The lowest BCUT2D eigenvalue weighted by atomic mass is 10.2. The molecule has 0 atom stereocenters. The Morgan fingerprint density at radius 2 is 2.00 bits per heavy atom. The summed E-state index contributed by atoms with van der Waals surface area (Å²) in [4.78, 5) is 11.3. The number of hydrogen-bond donors (Lipinski definition) is 1. The van der Waals surface area contributed by atoms with Crippen LogP contribution in [0.3, 0.4) is 0 Å². The number of esters is 1. The van der Waals surface area contributed by atoms with E-state index in [1.165, 1.54) is 12.1 Å². The minimum absolute atomic E-state index is 0.288. The number of benzene rings is 1. The van der Waals surface area contributed by atoms with Gasteiger partial charge in [-0.05, 0) is 31.2 Å². The molecule has 7 heteroatoms. The van der Waals surface area contributed by atoms with Crippen molar-refractivity contribution in [1.29, 1.82) is 0 Å². The third kappa shape index (κ3) is 4.96. The molecule has 1 aromatic rings. The molecule has 0 bridgehead atoms. The highest BCUT2D eigenvalue weighted by atomic mass is 32.3. The third-order valence-corrected chi connectivity index (χ3v) is 2.34. The van der Waals surface area contributed by atoms with Crippen LogP contribution in [0.4, 0.5) is 9.57 Å². The highest BCUT2D eigenvalue weighted by molar-refractivity contribution is 7.89. The van der Waals surface area contributed by atoms with E-state index in [1.807, 2.05) is 0 Å². The van der Waals surface area contributed by atoms with Crippen LogP contribution in [-0.2, 0) is 15.0 Å². The molecule has 98 valence electrons. The normalized spacial score (nSPS) is 11.4. The molecule has 18 heavy (non-hydrogen) atoms. The second-order valence-electron chi connectivity index (χ2n) is 3.22. The Bertz CT molecular complexity index is 537. The summed E-state index contributed by atoms with van der Waals surface area (Å²) in [5.41, 5.74) is 0.896. The second-order valence-corrected chi connectivity index (χ2v) is 4.44. The second kappa shape index (κ2) is 6.15. The fraction of sp³-hybridized carbons (Fsp3) is 0.182. The smallest absolute Gasteiger partial charge is 0.338 e. The summed E-state index contributed by atoms with van der Waals surface area (Å²) in [6.45, 7) is 1.99. The van der Waals surface area contributed by atoms with Gasteiger partial charge in [0.05, 0.1) is 17.6 Å². The Balaban J connectivity index is 2.66. The van der Waals surface area contributed by atoms with E-state index in [4.69, 9.17) is 4.74 Å². The van der Waals surface area contributed by atoms with Crippen LogP contribution in [0.15, 0.2) is 35.9 Å². The van der Waals surface area contributed by atoms with Crippen molar-refractivity contribution in [2.45, 2.75) is 6.92 Å². The summed E-state index contributed by atoms with van der Waals surface area (Å²) in [7, 11) is -4.64. The van der Waals surface area contributed by atoms with Crippen LogP contribution < -0.4 is 5.32 Å². The van der Waals surface area contributed by atoms with E-state index in [-0.39, 0.29) is 6.61 Å². The maximum atomic E-state index is 12.1. The van der Waals surface area contributed by atoms with Crippen molar-refractivity contribution in [1.82, 2.24) is 0 Å². The zero-order valence-electron chi connectivity index (χ0n) is 9.59. The van der Waals surface area contributed by atoms with Gasteiger partial charge in [-0.15, -0.1) is 3.89 Å². The largest absolute Gasteiger partial charge is 0.462 e. The lowest BCUT2D eigenvalue weighted by molar-refractivity contribution is 0.0526. The van der Waals surface area contributed by atoms with E-state index in [0.29, 0.717) is 16.7 Å². The minimum atomic E-state index is -4.64. The molecule has 1 N–H and O–H groups in total. The monoisotopic (exact) mass is 273 g/mol. The van der Waals surface area contributed by atoms with Crippen LogP contribution in [0.5, 0.6) is 0 Å². The fourth-order valence-electron chi connectivity index (χ4n) is 1.13. The lowest BCUT2D eigenvalue weighted by Gasteiger charge is -2.03. The van der Waals surface area contributed by atoms with Gasteiger partial charge in [-0.1, -0.05) is 0 Å². The van der Waals surface area contributed by atoms with Crippen molar-refractivity contribution < 1.29 is 21.8 Å². The molecule has 5 nitrogen and oxygen atoms in total. The first-order valence-electron chi connectivity index (χ1n) is 5.07. The molecule has 1 rings (SSSR count). The lowest BCUT2D eigenvalue weighted by Crippen LogP contribution is -2.04. The predicted molar refractivity (Wildman–Crippen MR) is 65.2 cm³/mol. The number of ether oxygens (including phenoxy) is 1. The molecule has 0 radical (unpaired) electrons. The summed E-state index contributed by atoms with van der Waals surface area (Å²) >= 11 is 0. The van der Waals surface area contributed by atoms with Gasteiger partial charge in [0, 0.05) is 11.9 Å². The number of nitrogens with one attached hydrogen (secondary N) is 1. The van der Waals surface area contributed by atoms with Crippen molar-refractivity contribution in [2.75, 3.05) is 11.9 Å². The van der Waals surface area contributed by atoms with E-state index >= 15 is 0 Å². The average Bonchev–Trinajstić information content (AvgIpc) is 2.28. The maximum absolute atomic E-state index is 12.1. The van der Waals surface area contributed by atoms with E-state index < -0.39 is 16.2 Å². The Labute approximate surface area is 104 Å². The summed E-state index contributed by atoms with van der Waals surface area (Å²) < 4.78 is 37.3. The molecule has 0 fully saturated rings. The molecular formula is C11H12FNO4S. The van der Waals surface area contributed by atoms with Crippen molar-refractivity contribution in [3.05, 3.63) is 41.4 Å². The van der Waals surface area contributed by atoms with Gasteiger partial charge < -0.3 is 10.1 Å². The van der Waals surface area contributed by atoms with Gasteiger partial charge in [0.25, 0.3) is 0 Å². The average molecular weight is 273 g/mol. The predicted octanol–water partition coefficient (Wildman–Crippen LogP) is 2.05. The van der Waals surface area contributed by atoms with E-state index in [2.05, 4.69) is 5.32 Å². The van der Waals surface area contributed by atoms with Gasteiger partial charge in [0.15, 0.2) is 0 Å². The number of carbonyl (C=O) groups excluding carboxylic acids is 1. The van der Waals surface area contributed by atoms with Crippen molar-refractivity contribution >= 4 is 21.9 Å². The zero-order valence-corrected chi connectivity index (χ0v) is 10.4. The zero-order chi connectivity index (χ0) is 13.6. The highest BCUT2D eigenvalue weighted by Gasteiger charge is 2.05. The molecule has 0 aliphatic carbocycles. The van der Waals surface area contributed by atoms with Crippen LogP contribution in [0.25, 0.3) is 0 Å². The first-order chi connectivity index (χ1) is 8.42. The minimum Gasteiger partial charge on any atom is -0.462 e. The van der Waals surface area contributed by atoms with Crippen LogP contribution in [0.1, 0.15) is 17.3 Å². The molecule has 0 spiro atoms. The number of halogens is 1. The van der Waals surface area contributed by atoms with Gasteiger partial charge in [-0.3, -0.25) is 0 Å². The summed E-state index contributed by atoms with van der Waals surface area (Å²) in [5.74, 6) is -0.439. The van der Waals surface area contributed by atoms with Crippen molar-refractivity contribution in [2.24, 2.45) is 0 Å². The van der Waals surface area contributed by atoms with E-state index in [1.54, 1.807) is 19.1 Å². The van der Waals surface area contributed by atoms with Gasteiger partial charge in [-0.25, -0.2) is 4.79 Å². The molecule has 0 unspecified atom stereocenters. The van der Waals surface area contributed by atoms with Crippen LogP contribution in [0.2, 0.25) is 0 Å². The topological polar surface area (TPSA) is 72.5 Å². The molecule has 0 aromatic heterocycles. The fourth-order valence-corrected chi connectivity index (χ4v) is 1.36. The number of rotatable bonds is 5. The molecular weight excluding hydrogens is 261 g/mol. The molecule has 0 saturated heterocycles. The third-order valence-electron chi connectivity index (χ3n) is 1.88. The Hall–Kier alpha value is -1.89. The van der Waals surface area contributed by atoms with Crippen molar-refractivity contribution in [3.8, 4) is 0 Å². The van der Waals surface area contributed by atoms with Gasteiger partial charge in [0.1, 0.15) is 0 Å². The Morgan fingerprint density at radius 3 is 2.50 bits per heavy atom. The van der Waals surface area contributed by atoms with Crippen LogP contribution in [0, 0.1) is 0 Å². The van der Waals surface area contributed by atoms with Crippen LogP contribution in [-0.4, -0.2) is 21.0 Å². The molecule has 0 heterocycles. The first kappa shape index (κ1) is 14.2. The van der Waals surface area contributed by atoms with E-state index in [9.17, 15) is 17.1 Å². The maximum Gasteiger partial charge on any atom is 0.338 e. The quantitative estimate of drug-likeness (QED) is 0.656. The Morgan fingerprint density at radius 1 is 1.39 bits per heavy atom. The summed E-state index contributed by atoms with van der Waals surface area (Å²) in [6, 6.07) is 6.11. The summed E-state index contributed by atoms with van der Waals surface area (Å²) in [5, 5.41) is 2.94. The van der Waals surface area contributed by atoms with Gasteiger partial charge >= 0.3 is 16.2 Å². The molecule has 0 saturated carbocycles. The standard InChI is InChI=1S/C11H12FNO4S/c1-2-17-11(14)9-3-5-10(6-4-9)13-7-8-18(12,15)16/h3-8,13H,2H2,1H3/b8-7+. The van der Waals surface area contributed by atoms with Gasteiger partial charge in [-0.2, -0.15) is 8.42 Å². The Kier molecular flexibility index (Phi) is 4.85. The highest BCUT2D eigenvalue weighted by Crippen LogP contribution is 2.10. The number of anilines is 1. The summed E-state index contributed by atoms with van der Waals surface area (Å²) in [6.07, 6.45) is 0.953. The van der Waals surface area contributed by atoms with Crippen LogP contribution >= 0.6 is 0 Å². The van der Waals surface area contributed by atoms with E-state index in [0.717, 1.165) is 6.20 Å². The number of carbonyl (C=O) groups is 1. The first-order valence-corrected chi connectivity index (χ1v) is 6.52. The van der Waals surface area contributed by atoms with Crippen molar-refractivity contribution in [3.63, 3.8) is 0 Å². The molecule has 0 aliphatic rings.